The lowest BCUT2D eigenvalue weighted by Crippen LogP contribution is -2.65. The van der Waals surface area contributed by atoms with E-state index in [0.717, 1.165) is 0 Å². The average Bonchev–Trinajstić information content (AvgIpc) is 2.98. The minimum Gasteiger partial charge on any atom is -0.508 e. The molecule has 2 amide bonds. The Morgan fingerprint density at radius 3 is 2.31 bits per heavy atom. The summed E-state index contributed by atoms with van der Waals surface area (Å²) in [5.74, 6) is -8.03. The number of nitrogens with one attached hydrogen (secondary N) is 1. The van der Waals surface area contributed by atoms with Crippen molar-refractivity contribution in [2.75, 3.05) is 26.5 Å². The van der Waals surface area contributed by atoms with E-state index in [1.807, 2.05) is 0 Å². The lowest BCUT2D eigenvalue weighted by Gasteiger charge is -2.50. The molecule has 1 saturated carbocycles. The zero-order valence-corrected chi connectivity index (χ0v) is 24.8. The number of anilines is 1. The van der Waals surface area contributed by atoms with Crippen molar-refractivity contribution in [2.24, 2.45) is 17.6 Å². The van der Waals surface area contributed by atoms with Gasteiger partial charge in [0.2, 0.25) is 11.7 Å². The Morgan fingerprint density at radius 1 is 1.04 bits per heavy atom. The van der Waals surface area contributed by atoms with E-state index in [1.54, 1.807) is 30.3 Å². The second-order valence-electron chi connectivity index (χ2n) is 11.6. The molecule has 13 nitrogen and oxygen atoms in total. The van der Waals surface area contributed by atoms with Gasteiger partial charge in [-0.3, -0.25) is 28.9 Å². The number of fused-ring (bicyclic) bond motifs is 3. The molecule has 3 aliphatic carbocycles. The molecule has 5 rings (SSSR count). The third kappa shape index (κ3) is 5.03. The summed E-state index contributed by atoms with van der Waals surface area (Å²) in [7, 11) is 4.31. The second kappa shape index (κ2) is 11.5. The van der Waals surface area contributed by atoms with E-state index in [2.05, 4.69) is 10.1 Å². The average molecular weight is 620 g/mol. The van der Waals surface area contributed by atoms with Crippen molar-refractivity contribution in [2.45, 2.75) is 37.3 Å². The lowest BCUT2D eigenvalue weighted by atomic mass is 9.57. The third-order valence-electron chi connectivity index (χ3n) is 8.87. The maximum Gasteiger partial charge on any atom is 0.306 e. The third-order valence-corrected chi connectivity index (χ3v) is 8.87. The summed E-state index contributed by atoms with van der Waals surface area (Å²) >= 11 is 0. The summed E-state index contributed by atoms with van der Waals surface area (Å²) < 4.78 is 4.55. The normalized spacial score (nSPS) is 24.2. The molecule has 2 aromatic rings. The van der Waals surface area contributed by atoms with Crippen LogP contribution in [0.2, 0.25) is 0 Å². The summed E-state index contributed by atoms with van der Waals surface area (Å²) in [5.41, 5.74) is 3.79. The Bertz CT molecular complexity index is 1710. The number of nitrogens with zero attached hydrogens (tertiary/aromatic N) is 1. The van der Waals surface area contributed by atoms with Crippen LogP contribution in [0.25, 0.3) is 16.9 Å². The van der Waals surface area contributed by atoms with Crippen LogP contribution in [-0.4, -0.2) is 87.5 Å². The van der Waals surface area contributed by atoms with E-state index in [1.165, 1.54) is 32.2 Å². The van der Waals surface area contributed by atoms with Gasteiger partial charge in [-0.15, -0.1) is 0 Å². The van der Waals surface area contributed by atoms with Crippen LogP contribution in [-0.2, 0) is 35.1 Å². The van der Waals surface area contributed by atoms with Gasteiger partial charge in [0.25, 0.3) is 5.91 Å². The zero-order valence-electron chi connectivity index (χ0n) is 24.8. The number of methoxy groups -OCH3 is 1. The largest absolute Gasteiger partial charge is 0.508 e. The molecular weight excluding hydrogens is 586 g/mol. The smallest absolute Gasteiger partial charge is 0.306 e. The zero-order chi connectivity index (χ0) is 33.0. The van der Waals surface area contributed by atoms with E-state index < -0.39 is 64.0 Å². The van der Waals surface area contributed by atoms with E-state index in [4.69, 9.17) is 5.73 Å². The summed E-state index contributed by atoms with van der Waals surface area (Å²) in [4.78, 5) is 64.4. The topological polar surface area (TPSA) is 217 Å². The fourth-order valence-electron chi connectivity index (χ4n) is 6.79. The van der Waals surface area contributed by atoms with Crippen LogP contribution in [0.4, 0.5) is 5.69 Å². The van der Waals surface area contributed by atoms with Crippen LogP contribution in [0.3, 0.4) is 0 Å². The van der Waals surface area contributed by atoms with E-state index >= 15 is 0 Å². The first-order chi connectivity index (χ1) is 21.2. The van der Waals surface area contributed by atoms with Crippen LogP contribution in [0, 0.1) is 11.8 Å². The fourth-order valence-corrected chi connectivity index (χ4v) is 6.79. The van der Waals surface area contributed by atoms with Crippen molar-refractivity contribution in [1.82, 2.24) is 4.90 Å². The minimum atomic E-state index is -2.71. The van der Waals surface area contributed by atoms with Crippen molar-refractivity contribution in [1.29, 1.82) is 0 Å². The number of primary amides is 1. The molecule has 4 atom stereocenters. The second-order valence-corrected chi connectivity index (χ2v) is 11.6. The first-order valence-electron chi connectivity index (χ1n) is 14.2. The molecular formula is C32H33N3O10. The molecule has 0 bridgehead atoms. The molecule has 0 unspecified atom stereocenters. The van der Waals surface area contributed by atoms with Gasteiger partial charge in [0.1, 0.15) is 22.8 Å². The molecule has 0 radical (unpaired) electrons. The van der Waals surface area contributed by atoms with Crippen molar-refractivity contribution in [3.05, 3.63) is 64.4 Å². The Morgan fingerprint density at radius 2 is 1.71 bits per heavy atom. The molecule has 0 saturated heterocycles. The molecule has 0 aromatic heterocycles. The maximum absolute atomic E-state index is 14.0. The molecule has 236 valence electrons. The lowest BCUT2D eigenvalue weighted by molar-refractivity contribution is -0.153. The highest BCUT2D eigenvalue weighted by Crippen LogP contribution is 2.53. The Kier molecular flexibility index (Phi) is 8.02. The summed E-state index contributed by atoms with van der Waals surface area (Å²) in [6.07, 6.45) is -0.0178. The molecule has 3 aliphatic rings. The van der Waals surface area contributed by atoms with Crippen molar-refractivity contribution in [3.63, 3.8) is 0 Å². The van der Waals surface area contributed by atoms with Gasteiger partial charge in [-0.1, -0.05) is 18.2 Å². The van der Waals surface area contributed by atoms with E-state index in [-0.39, 0.29) is 48.5 Å². The van der Waals surface area contributed by atoms with Crippen LogP contribution in [0.5, 0.6) is 5.75 Å². The van der Waals surface area contributed by atoms with Crippen LogP contribution in [0.1, 0.15) is 30.4 Å². The number of benzene rings is 2. The number of aliphatic hydroxyl groups excluding tert-OH is 2. The number of ketones is 2. The van der Waals surface area contributed by atoms with Gasteiger partial charge in [-0.2, -0.15) is 0 Å². The first-order valence-corrected chi connectivity index (χ1v) is 14.2. The van der Waals surface area contributed by atoms with Crippen LogP contribution < -0.4 is 11.1 Å². The number of phenolic OH excluding ortho intramolecular Hbond substituents is 1. The van der Waals surface area contributed by atoms with Gasteiger partial charge in [0, 0.05) is 23.6 Å². The number of hydrogen-bond donors (Lipinski definition) is 6. The molecule has 1 fully saturated rings. The van der Waals surface area contributed by atoms with Gasteiger partial charge in [-0.05, 0) is 67.7 Å². The van der Waals surface area contributed by atoms with Crippen LogP contribution in [0.15, 0.2) is 53.3 Å². The number of carbonyl (C=O) groups is 5. The standard InChI is InChI=1S/C32H33N3O10/c1-35(2)26-19-13-15-12-18-17(14-4-6-16(7-5-14)34-21(37)10-11-22(38)45-3)8-9-20(36)24(18)27(39)23(15)29(41)32(19,44)30(42)25(28(26)40)31(33)43/h4-9,15,19,26,36,39,42,44H,10-13H2,1-3H3,(H2,33,43)(H,34,37)/t15-,19-,26-,32+/m1/s1. The summed E-state index contributed by atoms with van der Waals surface area (Å²) in [6.45, 7) is 0. The number of nitrogens with two attached hydrogens (primary N) is 1. The maximum atomic E-state index is 14.0. The predicted octanol–water partition coefficient (Wildman–Crippen LogP) is 1.52. The quantitative estimate of drug-likeness (QED) is 0.193. The number of phenols is 1. The molecule has 2 aromatic carbocycles. The van der Waals surface area contributed by atoms with Gasteiger partial charge >= 0.3 is 5.97 Å². The van der Waals surface area contributed by atoms with Gasteiger partial charge in [0.05, 0.1) is 25.1 Å². The number of likely N-dealkylation sites (N-methyl/N-ethyl adjacent to an activating group) is 1. The summed E-state index contributed by atoms with van der Waals surface area (Å²) in [6, 6.07) is 8.57. The number of hydrogen-bond acceptors (Lipinski definition) is 11. The van der Waals surface area contributed by atoms with E-state index in [0.29, 0.717) is 22.4 Å². The van der Waals surface area contributed by atoms with Crippen molar-refractivity contribution >= 4 is 40.8 Å². The molecule has 13 heteroatoms. The molecule has 0 spiro atoms. The Balaban J connectivity index is 1.54. The number of amides is 2. The minimum absolute atomic E-state index is 0.0241. The predicted molar refractivity (Wildman–Crippen MR) is 160 cm³/mol. The van der Waals surface area contributed by atoms with E-state index in [9.17, 15) is 44.4 Å². The summed E-state index contributed by atoms with van der Waals surface area (Å²) in [5, 5.41) is 47.7. The molecule has 0 heterocycles. The number of aliphatic hydroxyl groups is 3. The van der Waals surface area contributed by atoms with Crippen molar-refractivity contribution < 1.29 is 49.1 Å². The monoisotopic (exact) mass is 619 g/mol. The van der Waals surface area contributed by atoms with Crippen LogP contribution >= 0.6 is 0 Å². The van der Waals surface area contributed by atoms with Gasteiger partial charge in [-0.25, -0.2) is 0 Å². The fraction of sp³-hybridized carbons (Fsp3) is 0.344. The SMILES string of the molecule is COC(=O)CCC(=O)Nc1ccc(-c2ccc(O)c3c2C[C@@H]2C[C@@H]4[C@@H](N(C)C)C(=O)C(C(N)=O)=C(O)[C@@]4(O)C(=O)C2=C3O)cc1. The molecule has 45 heavy (non-hydrogen) atoms. The van der Waals surface area contributed by atoms with Gasteiger partial charge < -0.3 is 36.2 Å². The number of rotatable bonds is 7. The van der Waals surface area contributed by atoms with Gasteiger partial charge in [0.15, 0.2) is 11.4 Å². The molecule has 7 N–H and O–H groups in total. The number of ether oxygens (including phenoxy) is 1. The van der Waals surface area contributed by atoms with Crippen molar-refractivity contribution in [3.8, 4) is 16.9 Å². The molecule has 0 aliphatic heterocycles. The number of esters is 1. The highest BCUT2D eigenvalue weighted by molar-refractivity contribution is 6.24. The number of aromatic hydroxyl groups is 1. The highest BCUT2D eigenvalue weighted by atomic mass is 16.5. The Labute approximate surface area is 257 Å². The highest BCUT2D eigenvalue weighted by Gasteiger charge is 2.64. The number of carbonyl (C=O) groups excluding carboxylic acids is 5. The first kappa shape index (κ1) is 31.4. The number of Topliss-reactive ketones (excluding diaryl/α,β-unsaturated/α-hetero) is 2. The Hall–Kier alpha value is -5.01.